The number of halogens is 1. The number of nitrogens with one attached hydrogen (secondary N) is 3. The Morgan fingerprint density at radius 1 is 1.03 bits per heavy atom. The fourth-order valence-electron chi connectivity index (χ4n) is 4.48. The van der Waals surface area contributed by atoms with Gasteiger partial charge in [-0.3, -0.25) is 9.69 Å². The molecule has 0 aliphatic carbocycles. The van der Waals surface area contributed by atoms with Crippen molar-refractivity contribution in [1.82, 2.24) is 25.1 Å². The average molecular weight is 624 g/mol. The number of hydrogen-bond acceptors (Lipinski definition) is 9. The molecule has 10 nitrogen and oxygen atoms in total. The lowest BCUT2D eigenvalue weighted by Gasteiger charge is -2.34. The number of carbonyl (C=O) groups excluding carboxylic acids is 1. The van der Waals surface area contributed by atoms with Gasteiger partial charge >= 0.3 is 0 Å². The molecule has 3 aromatic rings. The van der Waals surface area contributed by atoms with Crippen molar-refractivity contribution in [2.24, 2.45) is 0 Å². The minimum absolute atomic E-state index is 0.0296. The number of rotatable bonds is 0. The highest BCUT2D eigenvalue weighted by Gasteiger charge is 2.18. The topological polar surface area (TPSA) is 118 Å². The lowest BCUT2D eigenvalue weighted by molar-refractivity contribution is -0.121. The summed E-state index contributed by atoms with van der Waals surface area (Å²) in [5, 5.41) is 19.2. The second-order valence-corrected chi connectivity index (χ2v) is 10.5. The second kappa shape index (κ2) is 12.4. The van der Waals surface area contributed by atoms with E-state index in [-0.39, 0.29) is 5.91 Å². The Morgan fingerprint density at radius 3 is 2.71 bits per heavy atom. The second-order valence-electron chi connectivity index (χ2n) is 9.22. The molecule has 3 aliphatic rings. The Bertz CT molecular complexity index is 1340. The molecule has 2 aromatic carbocycles. The van der Waals surface area contributed by atoms with Crippen molar-refractivity contribution in [1.29, 1.82) is 5.26 Å². The van der Waals surface area contributed by atoms with Crippen LogP contribution in [0.5, 0.6) is 5.75 Å². The van der Waals surface area contributed by atoms with Crippen molar-refractivity contribution in [3.8, 4) is 11.8 Å². The molecule has 1 fully saturated rings. The number of ether oxygens (including phenoxy) is 1. The number of fused-ring (bicyclic) bond motifs is 8. The number of benzene rings is 2. The highest BCUT2D eigenvalue weighted by atomic mass is 127. The fourth-order valence-corrected chi connectivity index (χ4v) is 4.97. The maximum atomic E-state index is 12.4. The maximum absolute atomic E-state index is 12.4. The summed E-state index contributed by atoms with van der Waals surface area (Å²) in [7, 11) is 0. The van der Waals surface area contributed by atoms with Crippen LogP contribution in [0.3, 0.4) is 0 Å². The quantitative estimate of drug-likeness (QED) is 0.324. The molecule has 0 atom stereocenters. The van der Waals surface area contributed by atoms with Crippen LogP contribution in [-0.4, -0.2) is 71.6 Å². The Labute approximate surface area is 235 Å². The van der Waals surface area contributed by atoms with E-state index in [4.69, 9.17) is 4.74 Å². The molecular weight excluding hydrogens is 595 g/mol. The van der Waals surface area contributed by atoms with Crippen molar-refractivity contribution in [2.75, 3.05) is 56.5 Å². The van der Waals surface area contributed by atoms with Crippen LogP contribution in [-0.2, 0) is 11.3 Å². The van der Waals surface area contributed by atoms with Crippen molar-refractivity contribution in [3.63, 3.8) is 0 Å². The van der Waals surface area contributed by atoms with Crippen LogP contribution in [0.1, 0.15) is 17.5 Å². The third-order valence-electron chi connectivity index (χ3n) is 6.49. The molecule has 0 spiro atoms. The van der Waals surface area contributed by atoms with Gasteiger partial charge in [0.1, 0.15) is 24.0 Å². The Morgan fingerprint density at radius 2 is 1.87 bits per heavy atom. The molecule has 3 N–H and O–H groups in total. The van der Waals surface area contributed by atoms with E-state index in [1.165, 1.54) is 11.8 Å². The predicted molar refractivity (Wildman–Crippen MR) is 154 cm³/mol. The minimum Gasteiger partial charge on any atom is -0.490 e. The highest BCUT2D eigenvalue weighted by Crippen LogP contribution is 2.30. The SMILES string of the molecule is N#Cc1cnc2nc1Nc1cccc(c1)CN1CCN(CCC(=O)NCCOc3ccc(I)cc3N2)CC1. The number of aromatic nitrogens is 2. The van der Waals surface area contributed by atoms with Gasteiger partial charge in [0.25, 0.3) is 0 Å². The molecule has 6 rings (SSSR count). The molecule has 0 saturated carbocycles. The molecule has 0 unspecified atom stereocenters. The summed E-state index contributed by atoms with van der Waals surface area (Å²) in [6.45, 7) is 6.10. The third-order valence-corrected chi connectivity index (χ3v) is 7.17. The number of anilines is 4. The van der Waals surface area contributed by atoms with E-state index in [9.17, 15) is 10.1 Å². The Kier molecular flexibility index (Phi) is 8.52. The van der Waals surface area contributed by atoms with Crippen molar-refractivity contribution >= 4 is 51.6 Å². The first-order valence-electron chi connectivity index (χ1n) is 12.6. The van der Waals surface area contributed by atoms with Gasteiger partial charge in [-0.05, 0) is 58.5 Å². The zero-order chi connectivity index (χ0) is 26.3. The highest BCUT2D eigenvalue weighted by molar-refractivity contribution is 14.1. The first kappa shape index (κ1) is 26.1. The van der Waals surface area contributed by atoms with E-state index in [2.05, 4.69) is 76.5 Å². The summed E-state index contributed by atoms with van der Waals surface area (Å²) in [5.74, 6) is 1.41. The first-order chi connectivity index (χ1) is 18.6. The number of nitrogens with zero attached hydrogens (tertiary/aromatic N) is 5. The summed E-state index contributed by atoms with van der Waals surface area (Å²) in [5.41, 5.74) is 3.08. The normalized spacial score (nSPS) is 20.2. The number of amides is 1. The summed E-state index contributed by atoms with van der Waals surface area (Å²) >= 11 is 2.23. The van der Waals surface area contributed by atoms with Crippen LogP contribution in [0.2, 0.25) is 0 Å². The van der Waals surface area contributed by atoms with Crippen LogP contribution < -0.4 is 20.7 Å². The smallest absolute Gasteiger partial charge is 0.229 e. The van der Waals surface area contributed by atoms with Gasteiger partial charge in [-0.1, -0.05) is 12.1 Å². The number of carbonyl (C=O) groups is 1. The predicted octanol–water partition coefficient (Wildman–Crippen LogP) is 3.46. The molecule has 0 radical (unpaired) electrons. The van der Waals surface area contributed by atoms with Gasteiger partial charge in [0, 0.05) is 54.9 Å². The van der Waals surface area contributed by atoms with Gasteiger partial charge in [0.15, 0.2) is 5.82 Å². The monoisotopic (exact) mass is 624 g/mol. The van der Waals surface area contributed by atoms with Gasteiger partial charge in [-0.2, -0.15) is 10.2 Å². The zero-order valence-corrected chi connectivity index (χ0v) is 23.1. The van der Waals surface area contributed by atoms with Crippen LogP contribution in [0.4, 0.5) is 23.1 Å². The van der Waals surface area contributed by atoms with E-state index in [0.29, 0.717) is 48.3 Å². The molecule has 196 valence electrons. The van der Waals surface area contributed by atoms with E-state index in [0.717, 1.165) is 48.5 Å². The van der Waals surface area contributed by atoms with E-state index < -0.39 is 0 Å². The molecule has 11 heteroatoms. The van der Waals surface area contributed by atoms with Gasteiger partial charge in [-0.25, -0.2) is 4.98 Å². The molecular formula is C27H29IN8O2. The van der Waals surface area contributed by atoms with Gasteiger partial charge in [0.05, 0.1) is 18.4 Å². The standard InChI is InChI=1S/C27H29IN8O2/c28-21-4-5-24-23(15-21)33-27-31-17-20(16-29)26(34-27)32-22-3-1-2-19(14-22)18-36-11-9-35(10-12-36)8-6-25(37)30-7-13-38-24/h1-5,14-15,17H,6-13,18H2,(H,30,37)(H2,31,32,33,34). The molecule has 38 heavy (non-hydrogen) atoms. The van der Waals surface area contributed by atoms with E-state index >= 15 is 0 Å². The number of piperazine rings is 1. The summed E-state index contributed by atoms with van der Waals surface area (Å²) in [4.78, 5) is 26.1. The summed E-state index contributed by atoms with van der Waals surface area (Å²) < 4.78 is 6.99. The van der Waals surface area contributed by atoms with Gasteiger partial charge < -0.3 is 25.6 Å². The lowest BCUT2D eigenvalue weighted by atomic mass is 10.1. The average Bonchev–Trinajstić information content (AvgIpc) is 2.92. The van der Waals surface area contributed by atoms with Crippen LogP contribution in [0, 0.1) is 14.9 Å². The molecule has 1 aromatic heterocycles. The maximum Gasteiger partial charge on any atom is 0.229 e. The van der Waals surface area contributed by atoms with Crippen molar-refractivity contribution in [2.45, 2.75) is 13.0 Å². The van der Waals surface area contributed by atoms with Crippen LogP contribution in [0.25, 0.3) is 0 Å². The van der Waals surface area contributed by atoms with Crippen molar-refractivity contribution in [3.05, 3.63) is 63.4 Å². The van der Waals surface area contributed by atoms with Gasteiger partial charge in [-0.15, -0.1) is 0 Å². The molecule has 1 saturated heterocycles. The molecule has 3 aliphatic heterocycles. The first-order valence-corrected chi connectivity index (χ1v) is 13.7. The number of hydrogen-bond donors (Lipinski definition) is 3. The van der Waals surface area contributed by atoms with E-state index in [1.807, 2.05) is 30.3 Å². The summed E-state index contributed by atoms with van der Waals surface area (Å²) in [6.07, 6.45) is 1.98. The Hall–Kier alpha value is -3.47. The third kappa shape index (κ3) is 6.89. The van der Waals surface area contributed by atoms with Crippen LogP contribution >= 0.6 is 22.6 Å². The van der Waals surface area contributed by atoms with Crippen molar-refractivity contribution < 1.29 is 9.53 Å². The fraction of sp³-hybridized carbons (Fsp3) is 0.333. The van der Waals surface area contributed by atoms with Crippen LogP contribution in [0.15, 0.2) is 48.7 Å². The molecule has 1 amide bonds. The molecule has 6 bridgehead atoms. The zero-order valence-electron chi connectivity index (χ0n) is 20.9. The minimum atomic E-state index is 0.0296. The summed E-state index contributed by atoms with van der Waals surface area (Å²) in [6, 6.07) is 16.1. The Balaban J connectivity index is 1.43. The largest absolute Gasteiger partial charge is 0.490 e. The van der Waals surface area contributed by atoms with Gasteiger partial charge in [0.2, 0.25) is 11.9 Å². The van der Waals surface area contributed by atoms with E-state index in [1.54, 1.807) is 0 Å². The lowest BCUT2D eigenvalue weighted by Crippen LogP contribution is -2.46. The number of nitriles is 1. The molecule has 4 heterocycles.